The first-order chi connectivity index (χ1) is 14.7. The van der Waals surface area contributed by atoms with Gasteiger partial charge in [0.05, 0.1) is 28.9 Å². The Kier molecular flexibility index (Phi) is 5.82. The number of halogens is 4. The largest absolute Gasteiger partial charge is 0.394 e. The van der Waals surface area contributed by atoms with E-state index in [1.807, 2.05) is 12.1 Å². The van der Waals surface area contributed by atoms with E-state index in [1.165, 1.54) is 10.6 Å². The molecule has 0 saturated heterocycles. The lowest BCUT2D eigenvalue weighted by Crippen LogP contribution is -2.28. The monoisotopic (exact) mass is 448 g/mol. The van der Waals surface area contributed by atoms with Crippen molar-refractivity contribution in [3.05, 3.63) is 52.9 Å². The average Bonchev–Trinajstić information content (AvgIpc) is 3.11. The van der Waals surface area contributed by atoms with E-state index in [4.69, 9.17) is 11.6 Å². The highest BCUT2D eigenvalue weighted by Crippen LogP contribution is 2.34. The van der Waals surface area contributed by atoms with Crippen LogP contribution in [-0.2, 0) is 6.42 Å². The number of rotatable bonds is 4. The van der Waals surface area contributed by atoms with E-state index >= 15 is 0 Å². The van der Waals surface area contributed by atoms with Gasteiger partial charge in [-0.1, -0.05) is 17.7 Å². The third-order valence-electron chi connectivity index (χ3n) is 5.59. The van der Waals surface area contributed by atoms with E-state index in [9.17, 15) is 23.5 Å². The fourth-order valence-corrected chi connectivity index (χ4v) is 4.26. The van der Waals surface area contributed by atoms with Crippen LogP contribution in [0.4, 0.5) is 18.9 Å². The van der Waals surface area contributed by atoms with Crippen LogP contribution in [0.15, 0.2) is 36.7 Å². The van der Waals surface area contributed by atoms with Gasteiger partial charge < -0.3 is 14.8 Å². The molecule has 0 radical (unpaired) electrons. The Hall–Kier alpha value is -2.76. The van der Waals surface area contributed by atoms with Crippen molar-refractivity contribution in [2.45, 2.75) is 50.4 Å². The van der Waals surface area contributed by atoms with Crippen LogP contribution >= 0.6 is 11.6 Å². The summed E-state index contributed by atoms with van der Waals surface area (Å²) in [6, 6.07) is 9.28. The van der Waals surface area contributed by atoms with Crippen molar-refractivity contribution in [2.75, 3.05) is 5.32 Å². The van der Waals surface area contributed by atoms with Gasteiger partial charge in [0.1, 0.15) is 11.6 Å². The maximum Gasteiger partial charge on any atom is 0.394 e. The number of aliphatic hydroxyl groups excluding tert-OH is 1. The molecule has 162 valence electrons. The Morgan fingerprint density at radius 3 is 2.61 bits per heavy atom. The lowest BCUT2D eigenvalue weighted by Gasteiger charge is -2.27. The summed E-state index contributed by atoms with van der Waals surface area (Å²) in [5, 5.41) is 23.2. The second kappa shape index (κ2) is 8.40. The molecule has 0 amide bonds. The fourth-order valence-electron chi connectivity index (χ4n) is 4.03. The molecule has 0 atom stereocenters. The minimum absolute atomic E-state index is 0.0271. The Morgan fingerprint density at radius 1 is 1.23 bits per heavy atom. The first-order valence-electron chi connectivity index (χ1n) is 9.95. The molecule has 2 N–H and O–H groups in total. The van der Waals surface area contributed by atoms with Crippen molar-refractivity contribution in [3.8, 4) is 17.2 Å². The number of nitrogens with one attached hydrogen (secondary N) is 1. The smallest absolute Gasteiger partial charge is 0.393 e. The molecular formula is C22H20ClF3N4O. The molecule has 3 aromatic rings. The van der Waals surface area contributed by atoms with E-state index in [2.05, 4.69) is 16.4 Å². The van der Waals surface area contributed by atoms with E-state index in [0.29, 0.717) is 16.1 Å². The summed E-state index contributed by atoms with van der Waals surface area (Å²) >= 11 is 6.48. The molecule has 1 aromatic carbocycles. The highest BCUT2D eigenvalue weighted by molar-refractivity contribution is 6.33. The van der Waals surface area contributed by atoms with Gasteiger partial charge in [-0.25, -0.2) is 4.98 Å². The van der Waals surface area contributed by atoms with Crippen molar-refractivity contribution >= 4 is 22.9 Å². The number of benzene rings is 1. The number of nitrogens with zero attached hydrogens (tertiary/aromatic N) is 3. The minimum Gasteiger partial charge on any atom is -0.393 e. The molecule has 1 aliphatic carbocycles. The zero-order valence-electron chi connectivity index (χ0n) is 16.5. The third kappa shape index (κ3) is 4.63. The zero-order valence-corrected chi connectivity index (χ0v) is 17.2. The maximum atomic E-state index is 12.8. The molecule has 2 aromatic heterocycles. The predicted octanol–water partition coefficient (Wildman–Crippen LogP) is 5.35. The Bertz CT molecular complexity index is 1140. The molecule has 1 aliphatic rings. The van der Waals surface area contributed by atoms with Gasteiger partial charge in [0.15, 0.2) is 5.65 Å². The maximum absolute atomic E-state index is 12.8. The normalized spacial score (nSPS) is 19.4. The average molecular weight is 449 g/mol. The number of alkyl halides is 3. The molecule has 5 nitrogen and oxygen atoms in total. The van der Waals surface area contributed by atoms with Gasteiger partial charge in [0, 0.05) is 24.0 Å². The van der Waals surface area contributed by atoms with E-state index in [1.54, 1.807) is 12.1 Å². The quantitative estimate of drug-likeness (QED) is 0.564. The fraction of sp³-hybridized carbons (Fsp3) is 0.364. The second-order valence-corrected chi connectivity index (χ2v) is 8.20. The van der Waals surface area contributed by atoms with Crippen molar-refractivity contribution in [3.63, 3.8) is 0 Å². The molecule has 0 bridgehead atoms. The molecule has 0 aliphatic heterocycles. The van der Waals surface area contributed by atoms with Gasteiger partial charge in [0.25, 0.3) is 0 Å². The first kappa shape index (κ1) is 21.5. The van der Waals surface area contributed by atoms with Gasteiger partial charge in [0.2, 0.25) is 0 Å². The number of aliphatic hydroxyl groups is 1. The van der Waals surface area contributed by atoms with Crippen LogP contribution < -0.4 is 5.32 Å². The minimum atomic E-state index is -4.37. The van der Waals surface area contributed by atoms with Gasteiger partial charge in [-0.2, -0.15) is 18.4 Å². The van der Waals surface area contributed by atoms with Gasteiger partial charge in [-0.15, -0.1) is 0 Å². The summed E-state index contributed by atoms with van der Waals surface area (Å²) in [6.07, 6.45) is 0.121. The SMILES string of the molecule is N#Cc1c(-c2ccc(N[C@H]3CC[C@@H](O)CC3)c(Cl)c2)ccn2c(CC(F)(F)F)cnc12. The summed E-state index contributed by atoms with van der Waals surface area (Å²) in [5.41, 5.74) is 2.33. The van der Waals surface area contributed by atoms with Crippen LogP contribution in [-0.4, -0.2) is 32.8 Å². The van der Waals surface area contributed by atoms with Crippen LogP contribution in [0.1, 0.15) is 36.9 Å². The Balaban J connectivity index is 1.64. The highest BCUT2D eigenvalue weighted by Gasteiger charge is 2.30. The summed E-state index contributed by atoms with van der Waals surface area (Å²) < 4.78 is 39.7. The standard InChI is InChI=1S/C22H20ClF3N4O/c23-19-9-13(1-6-20(19)29-14-2-4-16(31)5-3-14)17-7-8-30-15(10-22(24,25)26)12-28-21(30)18(17)11-27/h1,6-9,12,14,16,29,31H,2-5,10H2/t14-,16+. The summed E-state index contributed by atoms with van der Waals surface area (Å²) in [4.78, 5) is 4.06. The predicted molar refractivity (Wildman–Crippen MR) is 112 cm³/mol. The van der Waals surface area contributed by atoms with Crippen molar-refractivity contribution < 1.29 is 18.3 Å². The van der Waals surface area contributed by atoms with Crippen LogP contribution in [0.5, 0.6) is 0 Å². The molecular weight excluding hydrogens is 429 g/mol. The number of hydrogen-bond acceptors (Lipinski definition) is 4. The van der Waals surface area contributed by atoms with Crippen LogP contribution in [0, 0.1) is 11.3 Å². The highest BCUT2D eigenvalue weighted by atomic mass is 35.5. The summed E-state index contributed by atoms with van der Waals surface area (Å²) in [7, 11) is 0. The van der Waals surface area contributed by atoms with Crippen LogP contribution in [0.2, 0.25) is 5.02 Å². The Morgan fingerprint density at radius 2 is 1.97 bits per heavy atom. The van der Waals surface area contributed by atoms with Gasteiger partial charge in [-0.05, 0) is 49.4 Å². The molecule has 2 heterocycles. The zero-order chi connectivity index (χ0) is 22.2. The second-order valence-electron chi connectivity index (χ2n) is 7.80. The molecule has 1 saturated carbocycles. The number of nitriles is 1. The van der Waals surface area contributed by atoms with E-state index < -0.39 is 12.6 Å². The number of aromatic nitrogens is 2. The molecule has 1 fully saturated rings. The van der Waals surface area contributed by atoms with Crippen molar-refractivity contribution in [1.29, 1.82) is 5.26 Å². The van der Waals surface area contributed by atoms with E-state index in [0.717, 1.165) is 37.6 Å². The van der Waals surface area contributed by atoms with Gasteiger partial charge >= 0.3 is 6.18 Å². The number of imidazole rings is 1. The van der Waals surface area contributed by atoms with E-state index in [-0.39, 0.29) is 29.1 Å². The summed E-state index contributed by atoms with van der Waals surface area (Å²) in [6.45, 7) is 0. The first-order valence-corrected chi connectivity index (χ1v) is 10.3. The lowest BCUT2D eigenvalue weighted by atomic mass is 9.93. The molecule has 0 unspecified atom stereocenters. The van der Waals surface area contributed by atoms with Crippen molar-refractivity contribution in [2.24, 2.45) is 0 Å². The molecule has 9 heteroatoms. The topological polar surface area (TPSA) is 73.3 Å². The third-order valence-corrected chi connectivity index (χ3v) is 5.90. The number of pyridine rings is 1. The Labute approximate surface area is 182 Å². The summed E-state index contributed by atoms with van der Waals surface area (Å²) in [5.74, 6) is 0. The van der Waals surface area contributed by atoms with Crippen molar-refractivity contribution in [1.82, 2.24) is 9.38 Å². The number of anilines is 1. The lowest BCUT2D eigenvalue weighted by molar-refractivity contribution is -0.127. The molecule has 0 spiro atoms. The molecule has 4 rings (SSSR count). The van der Waals surface area contributed by atoms with Gasteiger partial charge in [-0.3, -0.25) is 0 Å². The number of fused-ring (bicyclic) bond motifs is 1. The molecule has 31 heavy (non-hydrogen) atoms. The van der Waals surface area contributed by atoms with Crippen LogP contribution in [0.3, 0.4) is 0 Å². The van der Waals surface area contributed by atoms with Crippen LogP contribution in [0.25, 0.3) is 16.8 Å². The number of hydrogen-bond donors (Lipinski definition) is 2.